The van der Waals surface area contributed by atoms with Gasteiger partial charge in [-0.25, -0.2) is 0 Å². The van der Waals surface area contributed by atoms with Crippen LogP contribution in [0.25, 0.3) is 0 Å². The molecule has 1 N–H and O–H groups in total. The maximum absolute atomic E-state index is 3.65. The molecule has 0 amide bonds. The molecular weight excluding hydrogens is 220 g/mol. The van der Waals surface area contributed by atoms with E-state index >= 15 is 0 Å². The number of rotatable bonds is 3. The molecule has 0 aromatic heterocycles. The van der Waals surface area contributed by atoms with E-state index in [4.69, 9.17) is 0 Å². The van der Waals surface area contributed by atoms with Gasteiger partial charge in [0.15, 0.2) is 0 Å². The predicted molar refractivity (Wildman–Crippen MR) is 78.8 cm³/mol. The fourth-order valence-electron chi connectivity index (χ4n) is 4.14. The van der Waals surface area contributed by atoms with Crippen molar-refractivity contribution in [2.24, 2.45) is 11.8 Å². The second kappa shape index (κ2) is 6.38. The molecular formula is C16H32N2. The fourth-order valence-corrected chi connectivity index (χ4v) is 4.14. The smallest absolute Gasteiger partial charge is 0.0169 e. The van der Waals surface area contributed by atoms with Gasteiger partial charge in [0.25, 0.3) is 0 Å². The van der Waals surface area contributed by atoms with Crippen LogP contribution in [0.15, 0.2) is 0 Å². The topological polar surface area (TPSA) is 15.3 Å². The molecule has 4 atom stereocenters. The van der Waals surface area contributed by atoms with Crippen LogP contribution in [0.2, 0.25) is 0 Å². The Balaban J connectivity index is 1.87. The molecule has 0 bridgehead atoms. The molecule has 106 valence electrons. The molecule has 2 aliphatic rings. The van der Waals surface area contributed by atoms with Gasteiger partial charge < -0.3 is 5.32 Å². The molecule has 18 heavy (non-hydrogen) atoms. The van der Waals surface area contributed by atoms with Crippen LogP contribution in [-0.2, 0) is 0 Å². The lowest BCUT2D eigenvalue weighted by Gasteiger charge is -2.44. The summed E-state index contributed by atoms with van der Waals surface area (Å²) in [4.78, 5) is 2.78. The highest BCUT2D eigenvalue weighted by atomic mass is 15.2. The Morgan fingerprint density at radius 3 is 2.39 bits per heavy atom. The largest absolute Gasteiger partial charge is 0.309 e. The van der Waals surface area contributed by atoms with Crippen LogP contribution >= 0.6 is 0 Å². The van der Waals surface area contributed by atoms with Crippen LogP contribution in [0.3, 0.4) is 0 Å². The summed E-state index contributed by atoms with van der Waals surface area (Å²) in [6.45, 7) is 11.9. The molecule has 2 rings (SSSR count). The number of nitrogens with zero attached hydrogens (tertiary/aromatic N) is 1. The van der Waals surface area contributed by atoms with Gasteiger partial charge >= 0.3 is 0 Å². The first-order valence-electron chi connectivity index (χ1n) is 8.04. The Kier molecular flexibility index (Phi) is 5.08. The number of hydrogen-bond acceptors (Lipinski definition) is 2. The third-order valence-corrected chi connectivity index (χ3v) is 4.66. The standard InChI is InChI=1S/C16H32N2/c1-12(2)8-15-6-5-7-16(9-15)18-10-13(3)17-14(4)11-18/h12-17H,5-11H2,1-4H3. The highest BCUT2D eigenvalue weighted by molar-refractivity contribution is 4.88. The average molecular weight is 252 g/mol. The number of nitrogens with one attached hydrogen (secondary N) is 1. The van der Waals surface area contributed by atoms with Crippen LogP contribution in [0.4, 0.5) is 0 Å². The molecule has 0 aromatic rings. The minimum atomic E-state index is 0.666. The molecule has 4 unspecified atom stereocenters. The van der Waals surface area contributed by atoms with E-state index in [1.165, 1.54) is 45.2 Å². The zero-order valence-electron chi connectivity index (χ0n) is 12.8. The predicted octanol–water partition coefficient (Wildman–Crippen LogP) is 3.27. The minimum Gasteiger partial charge on any atom is -0.309 e. The van der Waals surface area contributed by atoms with Crippen molar-refractivity contribution in [1.29, 1.82) is 0 Å². The number of piperazine rings is 1. The van der Waals surface area contributed by atoms with Crippen molar-refractivity contribution in [3.63, 3.8) is 0 Å². The molecule has 2 nitrogen and oxygen atoms in total. The van der Waals surface area contributed by atoms with Crippen LogP contribution in [-0.4, -0.2) is 36.1 Å². The summed E-state index contributed by atoms with van der Waals surface area (Å²) in [6, 6.07) is 2.20. The normalized spacial score (nSPS) is 39.2. The quantitative estimate of drug-likeness (QED) is 0.829. The average Bonchev–Trinajstić information content (AvgIpc) is 2.27. The Bertz CT molecular complexity index is 241. The van der Waals surface area contributed by atoms with Crippen molar-refractivity contribution in [3.8, 4) is 0 Å². The van der Waals surface area contributed by atoms with Gasteiger partial charge in [-0.15, -0.1) is 0 Å². The van der Waals surface area contributed by atoms with Crippen molar-refractivity contribution in [1.82, 2.24) is 10.2 Å². The van der Waals surface area contributed by atoms with Gasteiger partial charge in [-0.3, -0.25) is 4.90 Å². The van der Waals surface area contributed by atoms with E-state index in [-0.39, 0.29) is 0 Å². The highest BCUT2D eigenvalue weighted by Crippen LogP contribution is 2.32. The summed E-state index contributed by atoms with van der Waals surface area (Å²) in [5.74, 6) is 1.86. The Morgan fingerprint density at radius 2 is 1.78 bits per heavy atom. The first kappa shape index (κ1) is 14.3. The van der Waals surface area contributed by atoms with Gasteiger partial charge in [0.1, 0.15) is 0 Å². The molecule has 0 spiro atoms. The van der Waals surface area contributed by atoms with Crippen LogP contribution in [0, 0.1) is 11.8 Å². The van der Waals surface area contributed by atoms with E-state index in [1.807, 2.05) is 0 Å². The highest BCUT2D eigenvalue weighted by Gasteiger charge is 2.30. The van der Waals surface area contributed by atoms with Crippen molar-refractivity contribution >= 4 is 0 Å². The maximum atomic E-state index is 3.65. The SMILES string of the molecule is CC(C)CC1CCCC(N2CC(C)NC(C)C2)C1. The summed E-state index contributed by atoms with van der Waals surface area (Å²) in [5, 5.41) is 3.65. The lowest BCUT2D eigenvalue weighted by atomic mass is 9.80. The van der Waals surface area contributed by atoms with Gasteiger partial charge in [-0.2, -0.15) is 0 Å². The van der Waals surface area contributed by atoms with E-state index in [2.05, 4.69) is 37.9 Å². The molecule has 2 heteroatoms. The van der Waals surface area contributed by atoms with Crippen molar-refractivity contribution in [2.75, 3.05) is 13.1 Å². The zero-order chi connectivity index (χ0) is 13.1. The first-order chi connectivity index (χ1) is 8.54. The van der Waals surface area contributed by atoms with E-state index in [0.29, 0.717) is 12.1 Å². The summed E-state index contributed by atoms with van der Waals surface area (Å²) < 4.78 is 0. The first-order valence-corrected chi connectivity index (χ1v) is 8.04. The van der Waals surface area contributed by atoms with Gasteiger partial charge in [0, 0.05) is 31.2 Å². The van der Waals surface area contributed by atoms with Crippen molar-refractivity contribution in [2.45, 2.75) is 77.9 Å². The minimum absolute atomic E-state index is 0.666. The summed E-state index contributed by atoms with van der Waals surface area (Å²) in [6.07, 6.45) is 7.26. The second-order valence-electron chi connectivity index (χ2n) is 7.24. The number of hydrogen-bond donors (Lipinski definition) is 1. The molecule has 1 heterocycles. The molecule has 0 aromatic carbocycles. The summed E-state index contributed by atoms with van der Waals surface area (Å²) >= 11 is 0. The van der Waals surface area contributed by atoms with Gasteiger partial charge in [0.05, 0.1) is 0 Å². The molecule has 1 aliphatic carbocycles. The molecule has 1 aliphatic heterocycles. The fraction of sp³-hybridized carbons (Fsp3) is 1.00. The maximum Gasteiger partial charge on any atom is 0.0169 e. The van der Waals surface area contributed by atoms with Crippen LogP contribution < -0.4 is 5.32 Å². The summed E-state index contributed by atoms with van der Waals surface area (Å²) in [5.41, 5.74) is 0. The zero-order valence-corrected chi connectivity index (χ0v) is 12.8. The van der Waals surface area contributed by atoms with E-state index in [9.17, 15) is 0 Å². The Morgan fingerprint density at radius 1 is 1.11 bits per heavy atom. The van der Waals surface area contributed by atoms with E-state index in [1.54, 1.807) is 0 Å². The Labute approximate surface area is 114 Å². The third-order valence-electron chi connectivity index (χ3n) is 4.66. The van der Waals surface area contributed by atoms with Gasteiger partial charge in [-0.05, 0) is 44.9 Å². The molecule has 0 radical (unpaired) electrons. The lowest BCUT2D eigenvalue weighted by molar-refractivity contribution is 0.0785. The molecule has 1 saturated carbocycles. The van der Waals surface area contributed by atoms with Crippen molar-refractivity contribution in [3.05, 3.63) is 0 Å². The third kappa shape index (κ3) is 3.96. The summed E-state index contributed by atoms with van der Waals surface area (Å²) in [7, 11) is 0. The van der Waals surface area contributed by atoms with E-state index < -0.39 is 0 Å². The van der Waals surface area contributed by atoms with Gasteiger partial charge in [0.2, 0.25) is 0 Å². The van der Waals surface area contributed by atoms with Crippen LogP contribution in [0.5, 0.6) is 0 Å². The van der Waals surface area contributed by atoms with Crippen LogP contribution in [0.1, 0.15) is 59.8 Å². The molecule has 2 fully saturated rings. The Hall–Kier alpha value is -0.0800. The lowest BCUT2D eigenvalue weighted by Crippen LogP contribution is -2.57. The monoisotopic (exact) mass is 252 g/mol. The second-order valence-corrected chi connectivity index (χ2v) is 7.24. The molecule has 1 saturated heterocycles. The van der Waals surface area contributed by atoms with Gasteiger partial charge in [-0.1, -0.05) is 26.7 Å². The van der Waals surface area contributed by atoms with E-state index in [0.717, 1.165) is 17.9 Å². The van der Waals surface area contributed by atoms with Crippen molar-refractivity contribution < 1.29 is 0 Å².